The number of benzene rings is 1. The minimum atomic E-state index is -0.952. The number of hydrogen-bond donors (Lipinski definition) is 1. The monoisotopic (exact) mass is 236 g/mol. The van der Waals surface area contributed by atoms with Crippen LogP contribution in [0.3, 0.4) is 0 Å². The third-order valence-electron chi connectivity index (χ3n) is 2.46. The molecule has 0 spiro atoms. The van der Waals surface area contributed by atoms with Gasteiger partial charge in [-0.05, 0) is 37.6 Å². The van der Waals surface area contributed by atoms with Crippen LogP contribution in [0.15, 0.2) is 17.7 Å². The van der Waals surface area contributed by atoms with Gasteiger partial charge in [-0.2, -0.15) is 0 Å². The Balaban J connectivity index is 3.31. The van der Waals surface area contributed by atoms with E-state index in [0.717, 1.165) is 5.56 Å². The fraction of sp³-hybridized carbons (Fsp3) is 0.308. The normalized spacial score (nSPS) is 11.2. The molecule has 92 valence electrons. The summed E-state index contributed by atoms with van der Waals surface area (Å²) in [4.78, 5) is 10.8. The lowest BCUT2D eigenvalue weighted by Gasteiger charge is -2.11. The van der Waals surface area contributed by atoms with E-state index in [1.54, 1.807) is 26.4 Å². The molecule has 0 atom stereocenters. The molecule has 0 heterocycles. The van der Waals surface area contributed by atoms with Gasteiger partial charge in [-0.15, -0.1) is 0 Å². The van der Waals surface area contributed by atoms with Gasteiger partial charge in [0.1, 0.15) is 11.5 Å². The second-order valence-electron chi connectivity index (χ2n) is 3.70. The van der Waals surface area contributed by atoms with Crippen molar-refractivity contribution in [2.75, 3.05) is 14.2 Å². The van der Waals surface area contributed by atoms with Crippen molar-refractivity contribution in [3.05, 3.63) is 28.8 Å². The molecule has 0 amide bonds. The first kappa shape index (κ1) is 13.1. The Bertz CT molecular complexity index is 461. The summed E-state index contributed by atoms with van der Waals surface area (Å²) in [6.45, 7) is 3.44. The number of aliphatic carboxylic acids is 1. The van der Waals surface area contributed by atoms with Gasteiger partial charge in [0.05, 0.1) is 14.2 Å². The van der Waals surface area contributed by atoms with Crippen LogP contribution in [0.5, 0.6) is 11.5 Å². The molecule has 0 aliphatic carbocycles. The Kier molecular flexibility index (Phi) is 4.15. The first-order valence-corrected chi connectivity index (χ1v) is 5.13. The molecular weight excluding hydrogens is 220 g/mol. The number of ether oxygens (including phenoxy) is 2. The van der Waals surface area contributed by atoms with Crippen molar-refractivity contribution in [3.63, 3.8) is 0 Å². The van der Waals surface area contributed by atoms with Crippen molar-refractivity contribution in [3.8, 4) is 11.5 Å². The van der Waals surface area contributed by atoms with Gasteiger partial charge in [0.15, 0.2) is 0 Å². The Morgan fingerprint density at radius 3 is 2.29 bits per heavy atom. The molecule has 0 radical (unpaired) electrons. The summed E-state index contributed by atoms with van der Waals surface area (Å²) in [5.74, 6) is 0.380. The molecule has 1 N–H and O–H groups in total. The summed E-state index contributed by atoms with van der Waals surface area (Å²) >= 11 is 0. The fourth-order valence-electron chi connectivity index (χ4n) is 1.48. The Labute approximate surface area is 100 Å². The van der Waals surface area contributed by atoms with E-state index in [0.29, 0.717) is 17.1 Å². The van der Waals surface area contributed by atoms with E-state index >= 15 is 0 Å². The standard InChI is InChI=1S/C13H16O4/c1-8-6-12(17-4)10(7-11(8)16-3)5-9(2)13(14)15/h5-7H,1-4H3,(H,14,15)/b9-5+. The molecule has 4 nitrogen and oxygen atoms in total. The largest absolute Gasteiger partial charge is 0.496 e. The van der Waals surface area contributed by atoms with Crippen LogP contribution >= 0.6 is 0 Å². The van der Waals surface area contributed by atoms with E-state index in [-0.39, 0.29) is 5.57 Å². The van der Waals surface area contributed by atoms with Crippen LogP contribution in [-0.2, 0) is 4.79 Å². The SMILES string of the molecule is COc1cc(/C=C(\C)C(=O)O)c(OC)cc1C. The van der Waals surface area contributed by atoms with E-state index in [2.05, 4.69) is 0 Å². The molecule has 0 bridgehead atoms. The lowest BCUT2D eigenvalue weighted by Crippen LogP contribution is -1.97. The molecule has 1 rings (SSSR count). The molecule has 0 saturated carbocycles. The lowest BCUT2D eigenvalue weighted by molar-refractivity contribution is -0.132. The van der Waals surface area contributed by atoms with Crippen LogP contribution in [0.1, 0.15) is 18.1 Å². The van der Waals surface area contributed by atoms with Gasteiger partial charge in [0.25, 0.3) is 0 Å². The lowest BCUT2D eigenvalue weighted by atomic mass is 10.1. The van der Waals surface area contributed by atoms with Gasteiger partial charge >= 0.3 is 5.97 Å². The maximum absolute atomic E-state index is 10.8. The highest BCUT2D eigenvalue weighted by Gasteiger charge is 2.08. The van der Waals surface area contributed by atoms with Crippen molar-refractivity contribution >= 4 is 12.0 Å². The van der Waals surface area contributed by atoms with Crippen molar-refractivity contribution < 1.29 is 19.4 Å². The molecule has 1 aromatic rings. The van der Waals surface area contributed by atoms with Crippen LogP contribution in [0.2, 0.25) is 0 Å². The maximum atomic E-state index is 10.8. The molecule has 0 fully saturated rings. The quantitative estimate of drug-likeness (QED) is 0.816. The third-order valence-corrected chi connectivity index (χ3v) is 2.46. The topological polar surface area (TPSA) is 55.8 Å². The Hall–Kier alpha value is -1.97. The average molecular weight is 236 g/mol. The number of methoxy groups -OCH3 is 2. The molecule has 1 aromatic carbocycles. The molecule has 0 unspecified atom stereocenters. The molecule has 0 aromatic heterocycles. The summed E-state index contributed by atoms with van der Waals surface area (Å²) in [5, 5.41) is 8.85. The highest BCUT2D eigenvalue weighted by atomic mass is 16.5. The van der Waals surface area contributed by atoms with Crippen LogP contribution in [0.25, 0.3) is 6.08 Å². The number of aryl methyl sites for hydroxylation is 1. The minimum absolute atomic E-state index is 0.245. The van der Waals surface area contributed by atoms with Gasteiger partial charge in [-0.25, -0.2) is 4.79 Å². The highest BCUT2D eigenvalue weighted by molar-refractivity contribution is 5.92. The van der Waals surface area contributed by atoms with Gasteiger partial charge in [-0.3, -0.25) is 0 Å². The van der Waals surface area contributed by atoms with Crippen molar-refractivity contribution in [2.24, 2.45) is 0 Å². The molecule has 0 aliphatic heterocycles. The summed E-state index contributed by atoms with van der Waals surface area (Å²) in [6, 6.07) is 3.58. The summed E-state index contributed by atoms with van der Waals surface area (Å²) in [5.41, 5.74) is 1.87. The number of carbonyl (C=O) groups is 1. The predicted molar refractivity (Wildman–Crippen MR) is 65.6 cm³/mol. The zero-order valence-electron chi connectivity index (χ0n) is 10.4. The molecule has 17 heavy (non-hydrogen) atoms. The number of carboxylic acid groups (broad SMARTS) is 1. The van der Waals surface area contributed by atoms with Crippen molar-refractivity contribution in [1.82, 2.24) is 0 Å². The van der Waals surface area contributed by atoms with Gasteiger partial charge in [-0.1, -0.05) is 0 Å². The van der Waals surface area contributed by atoms with Gasteiger partial charge < -0.3 is 14.6 Å². The van der Waals surface area contributed by atoms with Crippen LogP contribution < -0.4 is 9.47 Å². The first-order chi connectivity index (χ1) is 7.99. The number of hydrogen-bond acceptors (Lipinski definition) is 3. The Morgan fingerprint density at radius 2 is 1.82 bits per heavy atom. The van der Waals surface area contributed by atoms with E-state index in [1.807, 2.05) is 13.0 Å². The molecule has 0 aliphatic rings. The zero-order chi connectivity index (χ0) is 13.0. The van der Waals surface area contributed by atoms with Crippen molar-refractivity contribution in [1.29, 1.82) is 0 Å². The molecule has 0 saturated heterocycles. The minimum Gasteiger partial charge on any atom is -0.496 e. The second kappa shape index (κ2) is 5.39. The summed E-state index contributed by atoms with van der Waals surface area (Å²) < 4.78 is 10.4. The molecule has 4 heteroatoms. The maximum Gasteiger partial charge on any atom is 0.331 e. The summed E-state index contributed by atoms with van der Waals surface area (Å²) in [7, 11) is 3.13. The van der Waals surface area contributed by atoms with Crippen LogP contribution in [0, 0.1) is 6.92 Å². The van der Waals surface area contributed by atoms with E-state index in [9.17, 15) is 4.79 Å². The van der Waals surface area contributed by atoms with E-state index in [1.165, 1.54) is 6.92 Å². The van der Waals surface area contributed by atoms with E-state index in [4.69, 9.17) is 14.6 Å². The van der Waals surface area contributed by atoms with Crippen molar-refractivity contribution in [2.45, 2.75) is 13.8 Å². The van der Waals surface area contributed by atoms with Crippen LogP contribution in [0.4, 0.5) is 0 Å². The average Bonchev–Trinajstić information content (AvgIpc) is 2.30. The van der Waals surface area contributed by atoms with E-state index < -0.39 is 5.97 Å². The van der Waals surface area contributed by atoms with Gasteiger partial charge in [0, 0.05) is 11.1 Å². The number of rotatable bonds is 4. The van der Waals surface area contributed by atoms with Gasteiger partial charge in [0.2, 0.25) is 0 Å². The smallest absolute Gasteiger partial charge is 0.331 e. The highest BCUT2D eigenvalue weighted by Crippen LogP contribution is 2.29. The second-order valence-corrected chi connectivity index (χ2v) is 3.70. The predicted octanol–water partition coefficient (Wildman–Crippen LogP) is 2.50. The fourth-order valence-corrected chi connectivity index (χ4v) is 1.48. The zero-order valence-corrected chi connectivity index (χ0v) is 10.4. The summed E-state index contributed by atoms with van der Waals surface area (Å²) in [6.07, 6.45) is 1.56. The number of carboxylic acids is 1. The van der Waals surface area contributed by atoms with Crippen LogP contribution in [-0.4, -0.2) is 25.3 Å². The Morgan fingerprint density at radius 1 is 1.24 bits per heavy atom. The first-order valence-electron chi connectivity index (χ1n) is 5.13. The molecular formula is C13H16O4. The third kappa shape index (κ3) is 3.00.